The molecule has 1 rings (SSSR count). The number of rotatable bonds is 5. The summed E-state index contributed by atoms with van der Waals surface area (Å²) in [7, 11) is 1.69. The van der Waals surface area contributed by atoms with E-state index in [0.717, 1.165) is 23.7 Å². The Balaban J connectivity index is 2.52. The third kappa shape index (κ3) is 4.13. The number of methoxy groups -OCH3 is 1. The fourth-order valence-corrected chi connectivity index (χ4v) is 2.26. The average molecular weight is 242 g/mol. The summed E-state index contributed by atoms with van der Waals surface area (Å²) in [5, 5.41) is 9.32. The van der Waals surface area contributed by atoms with Crippen LogP contribution < -0.4 is 0 Å². The third-order valence-electron chi connectivity index (χ3n) is 1.81. The van der Waals surface area contributed by atoms with Crippen molar-refractivity contribution in [3.63, 3.8) is 0 Å². The molecule has 0 unspecified atom stereocenters. The number of halogens is 1. The van der Waals surface area contributed by atoms with Crippen LogP contribution in [0.1, 0.15) is 12.0 Å². The molecule has 0 spiro atoms. The fourth-order valence-electron chi connectivity index (χ4n) is 1.07. The molecule has 0 N–H and O–H groups in total. The van der Waals surface area contributed by atoms with Crippen LogP contribution >= 0.6 is 23.4 Å². The van der Waals surface area contributed by atoms with Crippen LogP contribution in [0.15, 0.2) is 23.1 Å². The first-order valence-electron chi connectivity index (χ1n) is 4.59. The molecule has 2 nitrogen and oxygen atoms in total. The van der Waals surface area contributed by atoms with Crippen molar-refractivity contribution in [2.24, 2.45) is 0 Å². The van der Waals surface area contributed by atoms with Crippen LogP contribution in [0.4, 0.5) is 0 Å². The van der Waals surface area contributed by atoms with Crippen molar-refractivity contribution in [1.82, 2.24) is 0 Å². The molecule has 0 fully saturated rings. The molecule has 0 saturated carbocycles. The Hall–Kier alpha value is -0.690. The van der Waals surface area contributed by atoms with Crippen molar-refractivity contribution in [2.45, 2.75) is 11.3 Å². The van der Waals surface area contributed by atoms with Crippen LogP contribution in [0.2, 0.25) is 5.02 Å². The van der Waals surface area contributed by atoms with E-state index in [1.165, 1.54) is 0 Å². The van der Waals surface area contributed by atoms with Gasteiger partial charge in [-0.2, -0.15) is 5.26 Å². The first-order chi connectivity index (χ1) is 7.27. The van der Waals surface area contributed by atoms with Crippen LogP contribution in [-0.4, -0.2) is 19.5 Å². The summed E-state index contributed by atoms with van der Waals surface area (Å²) in [4.78, 5) is 1.02. The Morgan fingerprint density at radius 3 is 2.93 bits per heavy atom. The van der Waals surface area contributed by atoms with E-state index < -0.39 is 0 Å². The van der Waals surface area contributed by atoms with Crippen molar-refractivity contribution in [3.8, 4) is 6.07 Å². The molecule has 1 aromatic carbocycles. The van der Waals surface area contributed by atoms with Crippen molar-refractivity contribution in [1.29, 1.82) is 5.26 Å². The molecule has 1 aromatic rings. The second kappa shape index (κ2) is 6.73. The summed E-state index contributed by atoms with van der Waals surface area (Å²) in [6.07, 6.45) is 0.998. The van der Waals surface area contributed by atoms with Crippen molar-refractivity contribution in [3.05, 3.63) is 28.8 Å². The van der Waals surface area contributed by atoms with Gasteiger partial charge in [-0.3, -0.25) is 0 Å². The molecule has 80 valence electrons. The molecule has 0 aliphatic carbocycles. The zero-order valence-electron chi connectivity index (χ0n) is 8.50. The van der Waals surface area contributed by atoms with Gasteiger partial charge in [0.2, 0.25) is 0 Å². The van der Waals surface area contributed by atoms with E-state index in [4.69, 9.17) is 21.6 Å². The van der Waals surface area contributed by atoms with Gasteiger partial charge in [0.15, 0.2) is 0 Å². The second-order valence-corrected chi connectivity index (χ2v) is 4.50. The Labute approximate surface area is 99.2 Å². The van der Waals surface area contributed by atoms with Gasteiger partial charge in [-0.15, -0.1) is 11.8 Å². The molecule has 15 heavy (non-hydrogen) atoms. The van der Waals surface area contributed by atoms with E-state index in [1.807, 2.05) is 6.07 Å². The SMILES string of the molecule is COCCCSc1ccc(C#N)cc1Cl. The quantitative estimate of drug-likeness (QED) is 0.586. The molecular formula is C11H12ClNOS. The molecule has 0 saturated heterocycles. The van der Waals surface area contributed by atoms with Crippen molar-refractivity contribution >= 4 is 23.4 Å². The molecule has 0 heterocycles. The largest absolute Gasteiger partial charge is 0.385 e. The maximum atomic E-state index is 8.67. The fraction of sp³-hybridized carbons (Fsp3) is 0.364. The van der Waals surface area contributed by atoms with Crippen LogP contribution in [0.25, 0.3) is 0 Å². The summed E-state index contributed by atoms with van der Waals surface area (Å²) >= 11 is 7.70. The summed E-state index contributed by atoms with van der Waals surface area (Å²) in [5.41, 5.74) is 0.598. The zero-order valence-corrected chi connectivity index (χ0v) is 10.1. The number of nitrogens with zero attached hydrogens (tertiary/aromatic N) is 1. The van der Waals surface area contributed by atoms with Gasteiger partial charge in [-0.25, -0.2) is 0 Å². The summed E-state index contributed by atoms with van der Waals surface area (Å²) in [6.45, 7) is 0.765. The van der Waals surface area contributed by atoms with E-state index in [2.05, 4.69) is 6.07 Å². The molecule has 0 atom stereocenters. The second-order valence-electron chi connectivity index (χ2n) is 2.95. The van der Waals surface area contributed by atoms with Crippen LogP contribution in [0.5, 0.6) is 0 Å². The molecule has 4 heteroatoms. The van der Waals surface area contributed by atoms with Gasteiger partial charge in [0.1, 0.15) is 0 Å². The number of benzene rings is 1. The van der Waals surface area contributed by atoms with Gasteiger partial charge in [0.05, 0.1) is 16.7 Å². The zero-order chi connectivity index (χ0) is 11.1. The topological polar surface area (TPSA) is 33.0 Å². The molecular weight excluding hydrogens is 230 g/mol. The number of nitriles is 1. The predicted octanol–water partition coefficient (Wildman–Crippen LogP) is 3.34. The molecule has 0 bridgehead atoms. The Morgan fingerprint density at radius 1 is 1.53 bits per heavy atom. The normalized spacial score (nSPS) is 9.93. The minimum absolute atomic E-state index is 0.598. The predicted molar refractivity (Wildman–Crippen MR) is 63.4 cm³/mol. The van der Waals surface area contributed by atoms with Crippen LogP contribution in [0, 0.1) is 11.3 Å². The van der Waals surface area contributed by atoms with Crippen LogP contribution in [0.3, 0.4) is 0 Å². The Morgan fingerprint density at radius 2 is 2.33 bits per heavy atom. The van der Waals surface area contributed by atoms with Crippen LogP contribution in [-0.2, 0) is 4.74 Å². The number of thioether (sulfide) groups is 1. The maximum Gasteiger partial charge on any atom is 0.0992 e. The first-order valence-corrected chi connectivity index (χ1v) is 5.95. The highest BCUT2D eigenvalue weighted by molar-refractivity contribution is 7.99. The highest BCUT2D eigenvalue weighted by Crippen LogP contribution is 2.28. The van der Waals surface area contributed by atoms with E-state index >= 15 is 0 Å². The van der Waals surface area contributed by atoms with Gasteiger partial charge in [-0.1, -0.05) is 11.6 Å². The Kier molecular flexibility index (Phi) is 5.56. The molecule has 0 radical (unpaired) electrons. The smallest absolute Gasteiger partial charge is 0.0992 e. The lowest BCUT2D eigenvalue weighted by Crippen LogP contribution is -1.90. The minimum atomic E-state index is 0.598. The van der Waals surface area contributed by atoms with E-state index in [1.54, 1.807) is 31.0 Å². The van der Waals surface area contributed by atoms with Gasteiger partial charge < -0.3 is 4.74 Å². The first kappa shape index (κ1) is 12.4. The maximum absolute atomic E-state index is 8.67. The monoisotopic (exact) mass is 241 g/mol. The standard InChI is InChI=1S/C11H12ClNOS/c1-14-5-2-6-15-11-4-3-9(8-13)7-10(11)12/h3-4,7H,2,5-6H2,1H3. The molecule has 0 aliphatic heterocycles. The number of hydrogen-bond donors (Lipinski definition) is 0. The minimum Gasteiger partial charge on any atom is -0.385 e. The third-order valence-corrected chi connectivity index (χ3v) is 3.40. The summed E-state index contributed by atoms with van der Waals surface area (Å²) < 4.78 is 4.96. The lowest BCUT2D eigenvalue weighted by atomic mass is 10.2. The molecule has 0 aromatic heterocycles. The van der Waals surface area contributed by atoms with Gasteiger partial charge in [0, 0.05) is 24.4 Å². The highest BCUT2D eigenvalue weighted by atomic mass is 35.5. The van der Waals surface area contributed by atoms with Gasteiger partial charge in [0.25, 0.3) is 0 Å². The molecule has 0 aliphatic rings. The van der Waals surface area contributed by atoms with Gasteiger partial charge in [-0.05, 0) is 24.6 Å². The summed E-state index contributed by atoms with van der Waals surface area (Å²) in [6, 6.07) is 7.42. The van der Waals surface area contributed by atoms with Crippen molar-refractivity contribution in [2.75, 3.05) is 19.5 Å². The number of hydrogen-bond acceptors (Lipinski definition) is 3. The molecule has 0 amide bonds. The average Bonchev–Trinajstić information content (AvgIpc) is 2.26. The highest BCUT2D eigenvalue weighted by Gasteiger charge is 2.02. The lowest BCUT2D eigenvalue weighted by Gasteiger charge is -2.03. The lowest BCUT2D eigenvalue weighted by molar-refractivity contribution is 0.200. The number of ether oxygens (including phenoxy) is 1. The van der Waals surface area contributed by atoms with Crippen molar-refractivity contribution < 1.29 is 4.74 Å². The van der Waals surface area contributed by atoms with E-state index in [9.17, 15) is 0 Å². The van der Waals surface area contributed by atoms with Gasteiger partial charge >= 0.3 is 0 Å². The van der Waals surface area contributed by atoms with E-state index in [-0.39, 0.29) is 0 Å². The Bertz CT molecular complexity index is 362. The summed E-state index contributed by atoms with van der Waals surface area (Å²) in [5.74, 6) is 0.972. The van der Waals surface area contributed by atoms with E-state index in [0.29, 0.717) is 10.6 Å².